The molecular weight excluding hydrogens is 697 g/mol. The van der Waals surface area contributed by atoms with Gasteiger partial charge in [-0.15, -0.1) is 0 Å². The van der Waals surface area contributed by atoms with Gasteiger partial charge in [-0.3, -0.25) is 4.79 Å². The second-order valence-corrected chi connectivity index (χ2v) is 17.0. The summed E-state index contributed by atoms with van der Waals surface area (Å²) < 4.78 is 11.6. The molecule has 0 aliphatic heterocycles. The standard InChI is InChI=1S/C49H98N2O5/c1-5-9-13-17-21-28-38-47(37-27-15-11-7-3)48(53)55-45-35-26-24-30-40-50(41-33-34-44-52)39-29-22-19-20-25-36-46-56-49(54)51(42-31-16-12-8-4)43-32-23-18-14-10-6-2/h47,52H,5-46H2,1-4H3. The number of unbranched alkanes of at least 4 members (excludes halogenated alkanes) is 25. The van der Waals surface area contributed by atoms with Crippen molar-refractivity contribution >= 4 is 12.1 Å². The molecule has 1 atom stereocenters. The molecule has 0 aromatic heterocycles. The number of carbonyl (C=O) groups is 2. The van der Waals surface area contributed by atoms with Crippen LogP contribution < -0.4 is 0 Å². The Bertz CT molecular complexity index is 811. The number of ether oxygens (including phenoxy) is 2. The van der Waals surface area contributed by atoms with Gasteiger partial charge in [0.25, 0.3) is 0 Å². The number of aliphatic hydroxyl groups excluding tert-OH is 1. The van der Waals surface area contributed by atoms with Crippen LogP contribution in [0.4, 0.5) is 4.79 Å². The van der Waals surface area contributed by atoms with E-state index >= 15 is 0 Å². The van der Waals surface area contributed by atoms with Crippen LogP contribution in [0.3, 0.4) is 0 Å². The maximum atomic E-state index is 13.0. The third-order valence-corrected chi connectivity index (χ3v) is 11.6. The molecule has 0 aromatic carbocycles. The topological polar surface area (TPSA) is 79.3 Å². The number of aliphatic hydroxyl groups is 1. The summed E-state index contributed by atoms with van der Waals surface area (Å²) in [6.45, 7) is 15.3. The number of hydrogen-bond acceptors (Lipinski definition) is 6. The van der Waals surface area contributed by atoms with Gasteiger partial charge in [0, 0.05) is 19.7 Å². The van der Waals surface area contributed by atoms with Gasteiger partial charge >= 0.3 is 12.1 Å². The Balaban J connectivity index is 4.27. The maximum absolute atomic E-state index is 13.0. The van der Waals surface area contributed by atoms with Crippen molar-refractivity contribution < 1.29 is 24.2 Å². The molecule has 7 heteroatoms. The van der Waals surface area contributed by atoms with Gasteiger partial charge in [0.15, 0.2) is 0 Å². The molecule has 0 aliphatic carbocycles. The van der Waals surface area contributed by atoms with E-state index in [1.54, 1.807) is 0 Å². The number of hydrogen-bond donors (Lipinski definition) is 1. The van der Waals surface area contributed by atoms with E-state index in [-0.39, 0.29) is 24.6 Å². The van der Waals surface area contributed by atoms with Gasteiger partial charge in [-0.2, -0.15) is 0 Å². The van der Waals surface area contributed by atoms with E-state index in [0.29, 0.717) is 13.2 Å². The molecule has 0 bridgehead atoms. The molecule has 0 aliphatic rings. The third-order valence-electron chi connectivity index (χ3n) is 11.6. The average Bonchev–Trinajstić information content (AvgIpc) is 3.20. The summed E-state index contributed by atoms with van der Waals surface area (Å²) in [4.78, 5) is 30.4. The Morgan fingerprint density at radius 3 is 1.21 bits per heavy atom. The van der Waals surface area contributed by atoms with Crippen molar-refractivity contribution in [3.05, 3.63) is 0 Å². The van der Waals surface area contributed by atoms with Crippen molar-refractivity contribution in [3.8, 4) is 0 Å². The molecule has 0 saturated heterocycles. The Morgan fingerprint density at radius 1 is 0.411 bits per heavy atom. The lowest BCUT2D eigenvalue weighted by Gasteiger charge is -2.22. The summed E-state index contributed by atoms with van der Waals surface area (Å²) in [5.74, 6) is 0.151. The molecule has 334 valence electrons. The van der Waals surface area contributed by atoms with Gasteiger partial charge in [-0.05, 0) is 83.8 Å². The summed E-state index contributed by atoms with van der Waals surface area (Å²) in [5.41, 5.74) is 0. The number of nitrogens with zero attached hydrogens (tertiary/aromatic N) is 2. The first-order valence-electron chi connectivity index (χ1n) is 24.9. The van der Waals surface area contributed by atoms with Crippen LogP contribution in [0, 0.1) is 5.92 Å². The first-order valence-corrected chi connectivity index (χ1v) is 24.9. The number of carbonyl (C=O) groups excluding carboxylic acids is 2. The fourth-order valence-corrected chi connectivity index (χ4v) is 7.74. The molecule has 0 aromatic rings. The minimum absolute atomic E-state index is 0.0578. The number of rotatable bonds is 45. The van der Waals surface area contributed by atoms with Crippen LogP contribution in [0.5, 0.6) is 0 Å². The highest BCUT2D eigenvalue weighted by Gasteiger charge is 2.19. The predicted octanol–water partition coefficient (Wildman–Crippen LogP) is 14.2. The van der Waals surface area contributed by atoms with E-state index in [4.69, 9.17) is 9.47 Å². The van der Waals surface area contributed by atoms with E-state index < -0.39 is 0 Å². The van der Waals surface area contributed by atoms with Crippen LogP contribution in [0.15, 0.2) is 0 Å². The van der Waals surface area contributed by atoms with Crippen LogP contribution in [-0.2, 0) is 14.3 Å². The molecule has 1 unspecified atom stereocenters. The van der Waals surface area contributed by atoms with Crippen LogP contribution in [0.1, 0.15) is 246 Å². The monoisotopic (exact) mass is 795 g/mol. The van der Waals surface area contributed by atoms with Crippen molar-refractivity contribution in [2.75, 3.05) is 52.5 Å². The number of amides is 1. The fourth-order valence-electron chi connectivity index (χ4n) is 7.74. The second-order valence-electron chi connectivity index (χ2n) is 17.0. The van der Waals surface area contributed by atoms with Crippen molar-refractivity contribution in [1.82, 2.24) is 9.80 Å². The van der Waals surface area contributed by atoms with Gasteiger partial charge in [-0.25, -0.2) is 4.79 Å². The molecule has 1 amide bonds. The zero-order chi connectivity index (χ0) is 41.0. The van der Waals surface area contributed by atoms with Crippen LogP contribution in [0.25, 0.3) is 0 Å². The minimum atomic E-state index is -0.101. The Hall–Kier alpha value is -1.34. The van der Waals surface area contributed by atoms with E-state index in [0.717, 1.165) is 110 Å². The quantitative estimate of drug-likeness (QED) is 0.0488. The summed E-state index contributed by atoms with van der Waals surface area (Å²) >= 11 is 0. The maximum Gasteiger partial charge on any atom is 0.409 e. The van der Waals surface area contributed by atoms with Crippen molar-refractivity contribution in [3.63, 3.8) is 0 Å². The Morgan fingerprint density at radius 2 is 0.750 bits per heavy atom. The molecule has 1 N–H and O–H groups in total. The summed E-state index contributed by atoms with van der Waals surface area (Å²) in [5, 5.41) is 9.32. The van der Waals surface area contributed by atoms with E-state index in [2.05, 4.69) is 32.6 Å². The van der Waals surface area contributed by atoms with Crippen molar-refractivity contribution in [1.29, 1.82) is 0 Å². The zero-order valence-electron chi connectivity index (χ0n) is 38.3. The first kappa shape index (κ1) is 54.7. The SMILES string of the molecule is CCCCCCCCC(CCCCCC)C(=O)OCCCCCCN(CCCCO)CCCCCCCCOC(=O)N(CCCCCC)CCCCCCCC. The summed E-state index contributed by atoms with van der Waals surface area (Å²) in [6, 6.07) is 0. The molecule has 0 spiro atoms. The van der Waals surface area contributed by atoms with E-state index in [1.807, 2.05) is 4.90 Å². The highest BCUT2D eigenvalue weighted by molar-refractivity contribution is 5.72. The lowest BCUT2D eigenvalue weighted by molar-refractivity contribution is -0.149. The molecule has 56 heavy (non-hydrogen) atoms. The van der Waals surface area contributed by atoms with E-state index in [1.165, 1.54) is 141 Å². The molecule has 0 saturated carbocycles. The van der Waals surface area contributed by atoms with Gasteiger partial charge < -0.3 is 24.4 Å². The normalized spacial score (nSPS) is 12.0. The lowest BCUT2D eigenvalue weighted by Crippen LogP contribution is -2.33. The Labute approximate surface area is 349 Å². The third kappa shape index (κ3) is 37.0. The van der Waals surface area contributed by atoms with Gasteiger partial charge in [0.1, 0.15) is 0 Å². The molecule has 0 fully saturated rings. The summed E-state index contributed by atoms with van der Waals surface area (Å²) in [7, 11) is 0. The van der Waals surface area contributed by atoms with Crippen molar-refractivity contribution in [2.24, 2.45) is 5.92 Å². The van der Waals surface area contributed by atoms with Crippen LogP contribution in [0.2, 0.25) is 0 Å². The lowest BCUT2D eigenvalue weighted by atomic mass is 9.94. The van der Waals surface area contributed by atoms with E-state index in [9.17, 15) is 14.7 Å². The predicted molar refractivity (Wildman–Crippen MR) is 241 cm³/mol. The summed E-state index contributed by atoms with van der Waals surface area (Å²) in [6.07, 6.45) is 39.9. The first-order chi connectivity index (χ1) is 27.5. The molecule has 7 nitrogen and oxygen atoms in total. The minimum Gasteiger partial charge on any atom is -0.465 e. The Kier molecular flexibility index (Phi) is 43.7. The van der Waals surface area contributed by atoms with Gasteiger partial charge in [-0.1, -0.05) is 182 Å². The molecule has 0 rings (SSSR count). The van der Waals surface area contributed by atoms with Crippen LogP contribution in [-0.4, -0.2) is 79.5 Å². The average molecular weight is 795 g/mol. The van der Waals surface area contributed by atoms with Gasteiger partial charge in [0.2, 0.25) is 0 Å². The van der Waals surface area contributed by atoms with Gasteiger partial charge in [0.05, 0.1) is 19.1 Å². The largest absolute Gasteiger partial charge is 0.465 e. The molecule has 0 heterocycles. The second kappa shape index (κ2) is 44.8. The number of esters is 1. The van der Waals surface area contributed by atoms with Crippen LogP contribution >= 0.6 is 0 Å². The molecule has 0 radical (unpaired) electrons. The highest BCUT2D eigenvalue weighted by Crippen LogP contribution is 2.21. The van der Waals surface area contributed by atoms with Crippen molar-refractivity contribution in [2.45, 2.75) is 246 Å². The highest BCUT2D eigenvalue weighted by atomic mass is 16.6. The zero-order valence-corrected chi connectivity index (χ0v) is 38.3. The fraction of sp³-hybridized carbons (Fsp3) is 0.959. The molecular formula is C49H98N2O5. The smallest absolute Gasteiger partial charge is 0.409 e.